The molecule has 4 aromatic rings. The molecule has 0 spiro atoms. The molecule has 0 N–H and O–H groups in total. The third kappa shape index (κ3) is 3.89. The summed E-state index contributed by atoms with van der Waals surface area (Å²) in [4.78, 5) is 34.7. The van der Waals surface area contributed by atoms with Crippen molar-refractivity contribution in [3.63, 3.8) is 0 Å². The Bertz CT molecular complexity index is 1330. The van der Waals surface area contributed by atoms with Gasteiger partial charge in [-0.1, -0.05) is 58.9 Å². The minimum absolute atomic E-state index is 0.0401. The van der Waals surface area contributed by atoms with Gasteiger partial charge in [-0.25, -0.2) is 4.98 Å². The summed E-state index contributed by atoms with van der Waals surface area (Å²) in [5, 5.41) is 5.23. The third-order valence-corrected chi connectivity index (χ3v) is 6.68. The zero-order chi connectivity index (χ0) is 22.2. The van der Waals surface area contributed by atoms with E-state index in [0.29, 0.717) is 42.5 Å². The Morgan fingerprint density at radius 2 is 1.53 bits per heavy atom. The van der Waals surface area contributed by atoms with Gasteiger partial charge in [0.25, 0.3) is 11.5 Å². The molecule has 1 aliphatic rings. The quantitative estimate of drug-likeness (QED) is 0.483. The molecule has 0 bridgehead atoms. The number of hydrogen-bond acceptors (Lipinski definition) is 6. The molecule has 0 saturated carbocycles. The molecule has 162 valence electrons. The number of amides is 1. The highest BCUT2D eigenvalue weighted by atomic mass is 32.1. The molecule has 8 heteroatoms. The number of carbonyl (C=O) groups is 1. The molecule has 7 nitrogen and oxygen atoms in total. The first-order valence-electron chi connectivity index (χ1n) is 10.6. The van der Waals surface area contributed by atoms with Crippen molar-refractivity contribution < 1.29 is 4.79 Å². The van der Waals surface area contributed by atoms with Crippen molar-refractivity contribution in [2.45, 2.75) is 13.8 Å². The highest BCUT2D eigenvalue weighted by Gasteiger charge is 2.24. The summed E-state index contributed by atoms with van der Waals surface area (Å²) < 4.78 is 1.36. The molecule has 32 heavy (non-hydrogen) atoms. The Labute approximate surface area is 189 Å². The lowest BCUT2D eigenvalue weighted by molar-refractivity contribution is 0.0746. The van der Waals surface area contributed by atoms with Crippen LogP contribution in [0.15, 0.2) is 59.4 Å². The van der Waals surface area contributed by atoms with Gasteiger partial charge in [0.2, 0.25) is 4.96 Å². The Morgan fingerprint density at radius 1 is 0.906 bits per heavy atom. The molecule has 1 saturated heterocycles. The first-order chi connectivity index (χ1) is 15.5. The number of aryl methyl sites for hydroxylation is 2. The van der Waals surface area contributed by atoms with Gasteiger partial charge in [-0.2, -0.15) is 9.61 Å². The van der Waals surface area contributed by atoms with E-state index in [1.165, 1.54) is 27.5 Å². The molecule has 0 unspecified atom stereocenters. The standard InChI is InChI=1S/C24H23N5O2S/c1-16-3-7-18(8-4-16)22-26-29-21(30)15-20(25-24(29)32-22)27-11-13-28(14-12-27)23(31)19-9-5-17(2)6-10-19/h3-10,15H,11-14H2,1-2H3. The number of rotatable bonds is 3. The molecule has 0 aliphatic carbocycles. The SMILES string of the molecule is Cc1ccc(C(=O)N2CCN(c3cc(=O)n4nc(-c5ccc(C)cc5)sc4n3)CC2)cc1. The normalized spacial score (nSPS) is 14.2. The van der Waals surface area contributed by atoms with Gasteiger partial charge in [0.05, 0.1) is 0 Å². The van der Waals surface area contributed by atoms with E-state index in [1.54, 1.807) is 0 Å². The van der Waals surface area contributed by atoms with Gasteiger partial charge in [-0.15, -0.1) is 0 Å². The predicted molar refractivity (Wildman–Crippen MR) is 127 cm³/mol. The van der Waals surface area contributed by atoms with Gasteiger partial charge in [0, 0.05) is 43.4 Å². The van der Waals surface area contributed by atoms with Crippen LogP contribution in [0.4, 0.5) is 5.82 Å². The number of aromatic nitrogens is 3. The average molecular weight is 446 g/mol. The van der Waals surface area contributed by atoms with E-state index < -0.39 is 0 Å². The molecular weight excluding hydrogens is 422 g/mol. The third-order valence-electron chi connectivity index (χ3n) is 5.72. The van der Waals surface area contributed by atoms with Crippen LogP contribution in [0.3, 0.4) is 0 Å². The van der Waals surface area contributed by atoms with E-state index in [-0.39, 0.29) is 11.5 Å². The lowest BCUT2D eigenvalue weighted by Crippen LogP contribution is -2.49. The minimum Gasteiger partial charge on any atom is -0.353 e. The first-order valence-corrected chi connectivity index (χ1v) is 11.4. The van der Waals surface area contributed by atoms with E-state index in [2.05, 4.69) is 10.00 Å². The van der Waals surface area contributed by atoms with Crippen molar-refractivity contribution in [3.05, 3.63) is 81.6 Å². The fraction of sp³-hybridized carbons (Fsp3) is 0.250. The summed E-state index contributed by atoms with van der Waals surface area (Å²) in [5.74, 6) is 0.676. The van der Waals surface area contributed by atoms with Crippen LogP contribution in [0, 0.1) is 13.8 Å². The second-order valence-electron chi connectivity index (χ2n) is 8.07. The maximum Gasteiger partial charge on any atom is 0.277 e. The molecule has 1 aliphatic heterocycles. The Balaban J connectivity index is 1.34. The summed E-state index contributed by atoms with van der Waals surface area (Å²) >= 11 is 1.40. The molecule has 1 fully saturated rings. The van der Waals surface area contributed by atoms with Gasteiger partial charge in [-0.05, 0) is 26.0 Å². The monoisotopic (exact) mass is 445 g/mol. The van der Waals surface area contributed by atoms with Crippen LogP contribution in [-0.2, 0) is 0 Å². The predicted octanol–water partition coefficient (Wildman–Crippen LogP) is 3.40. The number of piperazine rings is 1. The van der Waals surface area contributed by atoms with Gasteiger partial charge >= 0.3 is 0 Å². The fourth-order valence-corrected chi connectivity index (χ4v) is 4.70. The average Bonchev–Trinajstić information content (AvgIpc) is 3.25. The summed E-state index contributed by atoms with van der Waals surface area (Å²) in [6.45, 7) is 6.48. The Kier molecular flexibility index (Phi) is 5.22. The van der Waals surface area contributed by atoms with Crippen molar-refractivity contribution in [3.8, 4) is 10.6 Å². The highest BCUT2D eigenvalue weighted by Crippen LogP contribution is 2.25. The topological polar surface area (TPSA) is 70.8 Å². The maximum absolute atomic E-state index is 12.8. The van der Waals surface area contributed by atoms with Crippen LogP contribution in [0.1, 0.15) is 21.5 Å². The van der Waals surface area contributed by atoms with Crippen LogP contribution in [0.25, 0.3) is 15.5 Å². The lowest BCUT2D eigenvalue weighted by Gasteiger charge is -2.35. The number of carbonyl (C=O) groups excluding carboxylic acids is 1. The lowest BCUT2D eigenvalue weighted by atomic mass is 10.1. The van der Waals surface area contributed by atoms with Crippen molar-refractivity contribution in [2.75, 3.05) is 31.1 Å². The van der Waals surface area contributed by atoms with Gasteiger partial charge < -0.3 is 9.80 Å². The van der Waals surface area contributed by atoms with Crippen molar-refractivity contribution in [1.29, 1.82) is 0 Å². The molecule has 1 amide bonds. The summed E-state index contributed by atoms with van der Waals surface area (Å²) in [6.07, 6.45) is 0. The van der Waals surface area contributed by atoms with E-state index in [0.717, 1.165) is 16.1 Å². The van der Waals surface area contributed by atoms with Crippen LogP contribution >= 0.6 is 11.3 Å². The van der Waals surface area contributed by atoms with Crippen molar-refractivity contribution >= 4 is 28.0 Å². The van der Waals surface area contributed by atoms with Crippen LogP contribution < -0.4 is 10.5 Å². The van der Waals surface area contributed by atoms with E-state index in [9.17, 15) is 9.59 Å². The van der Waals surface area contributed by atoms with Crippen molar-refractivity contribution in [2.24, 2.45) is 0 Å². The minimum atomic E-state index is -0.197. The maximum atomic E-state index is 12.8. The smallest absolute Gasteiger partial charge is 0.277 e. The zero-order valence-corrected chi connectivity index (χ0v) is 18.8. The molecule has 2 aromatic carbocycles. The van der Waals surface area contributed by atoms with Gasteiger partial charge in [-0.3, -0.25) is 9.59 Å². The van der Waals surface area contributed by atoms with Gasteiger partial charge in [0.15, 0.2) is 0 Å². The largest absolute Gasteiger partial charge is 0.353 e. The van der Waals surface area contributed by atoms with E-state index in [1.807, 2.05) is 67.3 Å². The first kappa shape index (κ1) is 20.4. The van der Waals surface area contributed by atoms with Crippen LogP contribution in [0.5, 0.6) is 0 Å². The molecule has 0 atom stereocenters. The second kappa shape index (κ2) is 8.20. The highest BCUT2D eigenvalue weighted by molar-refractivity contribution is 7.19. The molecule has 5 rings (SSSR count). The van der Waals surface area contributed by atoms with Gasteiger partial charge in [0.1, 0.15) is 10.8 Å². The molecule has 2 aromatic heterocycles. The Hall–Kier alpha value is -3.52. The second-order valence-corrected chi connectivity index (χ2v) is 9.02. The Morgan fingerprint density at radius 3 is 2.19 bits per heavy atom. The summed E-state index contributed by atoms with van der Waals surface area (Å²) in [6, 6.07) is 17.2. The fourth-order valence-electron chi connectivity index (χ4n) is 3.79. The van der Waals surface area contributed by atoms with E-state index in [4.69, 9.17) is 4.98 Å². The zero-order valence-electron chi connectivity index (χ0n) is 18.0. The summed E-state index contributed by atoms with van der Waals surface area (Å²) in [5.41, 5.74) is 3.78. The molecular formula is C24H23N5O2S. The number of nitrogens with zero attached hydrogens (tertiary/aromatic N) is 5. The van der Waals surface area contributed by atoms with E-state index >= 15 is 0 Å². The van der Waals surface area contributed by atoms with Crippen LogP contribution in [-0.4, -0.2) is 51.6 Å². The molecule has 0 radical (unpaired) electrons. The van der Waals surface area contributed by atoms with Crippen molar-refractivity contribution in [1.82, 2.24) is 19.5 Å². The number of hydrogen-bond donors (Lipinski definition) is 0. The molecule has 3 heterocycles. The van der Waals surface area contributed by atoms with Crippen LogP contribution in [0.2, 0.25) is 0 Å². The number of benzene rings is 2. The summed E-state index contributed by atoms with van der Waals surface area (Å²) in [7, 11) is 0. The number of anilines is 1. The number of fused-ring (bicyclic) bond motifs is 1.